The van der Waals surface area contributed by atoms with Gasteiger partial charge in [-0.1, -0.05) is 18.2 Å². The van der Waals surface area contributed by atoms with Crippen molar-refractivity contribution in [3.8, 4) is 0 Å². The van der Waals surface area contributed by atoms with E-state index in [-0.39, 0.29) is 6.42 Å². The van der Waals surface area contributed by atoms with Gasteiger partial charge >= 0.3 is 11.9 Å². The Kier molecular flexibility index (Phi) is 4.46. The van der Waals surface area contributed by atoms with Crippen molar-refractivity contribution >= 4 is 18.0 Å². The first-order chi connectivity index (χ1) is 8.00. The van der Waals surface area contributed by atoms with E-state index in [1.165, 1.54) is 6.08 Å². The van der Waals surface area contributed by atoms with Gasteiger partial charge in [-0.25, -0.2) is 4.79 Å². The second kappa shape index (κ2) is 5.84. The van der Waals surface area contributed by atoms with Crippen molar-refractivity contribution in [3.63, 3.8) is 0 Å². The van der Waals surface area contributed by atoms with Crippen molar-refractivity contribution in [1.82, 2.24) is 0 Å². The summed E-state index contributed by atoms with van der Waals surface area (Å²) in [5, 5.41) is 17.2. The third-order valence-electron chi connectivity index (χ3n) is 2.44. The van der Waals surface area contributed by atoms with Crippen LogP contribution in [0.25, 0.3) is 6.08 Å². The zero-order valence-electron chi connectivity index (χ0n) is 9.51. The minimum atomic E-state index is -1.02. The van der Waals surface area contributed by atoms with Crippen LogP contribution >= 0.6 is 0 Å². The molecule has 0 aliphatic heterocycles. The van der Waals surface area contributed by atoms with Gasteiger partial charge in [0.15, 0.2) is 0 Å². The second-order valence-corrected chi connectivity index (χ2v) is 3.71. The SMILES string of the molecule is Cc1cccc(/C=C/C(=O)O)c1CCC(=O)O. The number of carboxylic acids is 2. The van der Waals surface area contributed by atoms with E-state index in [1.54, 1.807) is 6.07 Å². The molecule has 4 nitrogen and oxygen atoms in total. The van der Waals surface area contributed by atoms with Gasteiger partial charge in [0, 0.05) is 12.5 Å². The molecule has 1 rings (SSSR count). The topological polar surface area (TPSA) is 74.6 Å². The molecule has 90 valence electrons. The van der Waals surface area contributed by atoms with E-state index in [2.05, 4.69) is 0 Å². The quantitative estimate of drug-likeness (QED) is 0.765. The third-order valence-corrected chi connectivity index (χ3v) is 2.44. The molecule has 0 saturated carbocycles. The maximum Gasteiger partial charge on any atom is 0.328 e. The first kappa shape index (κ1) is 13.0. The fourth-order valence-corrected chi connectivity index (χ4v) is 1.62. The van der Waals surface area contributed by atoms with Gasteiger partial charge in [0.25, 0.3) is 0 Å². The van der Waals surface area contributed by atoms with Crippen LogP contribution in [-0.2, 0) is 16.0 Å². The Hall–Kier alpha value is -2.10. The number of carbonyl (C=O) groups is 2. The standard InChI is InChI=1S/C13H14O4/c1-9-3-2-4-10(5-7-12(14)15)11(9)6-8-13(16)17/h2-5,7H,6,8H2,1H3,(H,14,15)(H,16,17)/b7-5+. The average Bonchev–Trinajstić information content (AvgIpc) is 2.24. The highest BCUT2D eigenvalue weighted by Crippen LogP contribution is 2.17. The molecule has 0 spiro atoms. The van der Waals surface area contributed by atoms with Gasteiger partial charge < -0.3 is 10.2 Å². The number of hydrogen-bond acceptors (Lipinski definition) is 2. The number of benzene rings is 1. The summed E-state index contributed by atoms with van der Waals surface area (Å²) in [4.78, 5) is 21.0. The van der Waals surface area contributed by atoms with Gasteiger partial charge in [0.2, 0.25) is 0 Å². The van der Waals surface area contributed by atoms with Crippen molar-refractivity contribution in [2.24, 2.45) is 0 Å². The number of carboxylic acid groups (broad SMARTS) is 2. The Balaban J connectivity index is 2.99. The summed E-state index contributed by atoms with van der Waals surface area (Å²) in [6.45, 7) is 1.88. The molecule has 1 aromatic carbocycles. The molecule has 0 fully saturated rings. The first-order valence-electron chi connectivity index (χ1n) is 5.22. The fourth-order valence-electron chi connectivity index (χ4n) is 1.62. The van der Waals surface area contributed by atoms with E-state index in [9.17, 15) is 9.59 Å². The molecule has 0 aromatic heterocycles. The van der Waals surface area contributed by atoms with Gasteiger partial charge in [-0.3, -0.25) is 4.79 Å². The molecule has 0 heterocycles. The van der Waals surface area contributed by atoms with E-state index >= 15 is 0 Å². The van der Waals surface area contributed by atoms with E-state index in [0.29, 0.717) is 6.42 Å². The van der Waals surface area contributed by atoms with Crippen LogP contribution in [0.4, 0.5) is 0 Å². The summed E-state index contributed by atoms with van der Waals surface area (Å²) in [5.41, 5.74) is 2.61. The highest BCUT2D eigenvalue weighted by Gasteiger charge is 2.06. The summed E-state index contributed by atoms with van der Waals surface area (Å²) in [5.74, 6) is -1.88. The third kappa shape index (κ3) is 4.10. The minimum Gasteiger partial charge on any atom is -0.481 e. The number of rotatable bonds is 5. The van der Waals surface area contributed by atoms with E-state index in [0.717, 1.165) is 22.8 Å². The van der Waals surface area contributed by atoms with Crippen LogP contribution in [0, 0.1) is 6.92 Å². The van der Waals surface area contributed by atoms with Gasteiger partial charge in [0.1, 0.15) is 0 Å². The van der Waals surface area contributed by atoms with Crippen molar-refractivity contribution in [1.29, 1.82) is 0 Å². The molecule has 0 unspecified atom stereocenters. The average molecular weight is 234 g/mol. The Morgan fingerprint density at radius 2 is 2.00 bits per heavy atom. The predicted molar refractivity (Wildman–Crippen MR) is 63.8 cm³/mol. The number of aryl methyl sites for hydroxylation is 1. The van der Waals surface area contributed by atoms with Crippen LogP contribution in [-0.4, -0.2) is 22.2 Å². The lowest BCUT2D eigenvalue weighted by Gasteiger charge is -2.08. The summed E-state index contributed by atoms with van der Waals surface area (Å²) in [6.07, 6.45) is 2.99. The second-order valence-electron chi connectivity index (χ2n) is 3.71. The van der Waals surface area contributed by atoms with Gasteiger partial charge in [-0.15, -0.1) is 0 Å². The van der Waals surface area contributed by atoms with Crippen LogP contribution < -0.4 is 0 Å². The maximum absolute atomic E-state index is 10.5. The van der Waals surface area contributed by atoms with Crippen LogP contribution in [0.3, 0.4) is 0 Å². The van der Waals surface area contributed by atoms with Crippen LogP contribution in [0.5, 0.6) is 0 Å². The molecule has 0 atom stereocenters. The monoisotopic (exact) mass is 234 g/mol. The van der Waals surface area contributed by atoms with Gasteiger partial charge in [-0.2, -0.15) is 0 Å². The molecule has 0 aliphatic carbocycles. The normalized spacial score (nSPS) is 10.6. The molecule has 2 N–H and O–H groups in total. The van der Waals surface area contributed by atoms with Crippen LogP contribution in [0.1, 0.15) is 23.1 Å². The molecule has 0 radical (unpaired) electrons. The minimum absolute atomic E-state index is 0.0404. The molecule has 0 saturated heterocycles. The van der Waals surface area contributed by atoms with Crippen molar-refractivity contribution in [2.45, 2.75) is 19.8 Å². The molecular weight excluding hydrogens is 220 g/mol. The van der Waals surface area contributed by atoms with Crippen LogP contribution in [0.2, 0.25) is 0 Å². The highest BCUT2D eigenvalue weighted by atomic mass is 16.4. The Bertz CT molecular complexity index is 460. The summed E-state index contributed by atoms with van der Waals surface area (Å²) in [7, 11) is 0. The molecule has 1 aromatic rings. The molecule has 17 heavy (non-hydrogen) atoms. The zero-order valence-corrected chi connectivity index (χ0v) is 9.51. The highest BCUT2D eigenvalue weighted by molar-refractivity contribution is 5.85. The Labute approximate surface area is 99.2 Å². The molecule has 0 aliphatic rings. The van der Waals surface area contributed by atoms with Crippen molar-refractivity contribution in [3.05, 3.63) is 41.0 Å². The molecule has 0 amide bonds. The number of aliphatic carboxylic acids is 2. The van der Waals surface area contributed by atoms with Crippen molar-refractivity contribution in [2.75, 3.05) is 0 Å². The molecule has 4 heteroatoms. The van der Waals surface area contributed by atoms with E-state index in [4.69, 9.17) is 10.2 Å². The van der Waals surface area contributed by atoms with Crippen LogP contribution in [0.15, 0.2) is 24.3 Å². The smallest absolute Gasteiger partial charge is 0.328 e. The lowest BCUT2D eigenvalue weighted by molar-refractivity contribution is -0.137. The summed E-state index contributed by atoms with van der Waals surface area (Å²) in [6, 6.07) is 5.49. The molecular formula is C13H14O4. The Morgan fingerprint density at radius 3 is 2.59 bits per heavy atom. The fraction of sp³-hybridized carbons (Fsp3) is 0.231. The van der Waals surface area contributed by atoms with Gasteiger partial charge in [-0.05, 0) is 36.1 Å². The Morgan fingerprint density at radius 1 is 1.29 bits per heavy atom. The summed E-state index contributed by atoms with van der Waals surface area (Å²) < 4.78 is 0. The van der Waals surface area contributed by atoms with Crippen molar-refractivity contribution < 1.29 is 19.8 Å². The lowest BCUT2D eigenvalue weighted by atomic mass is 9.97. The van der Waals surface area contributed by atoms with E-state index in [1.807, 2.05) is 19.1 Å². The predicted octanol–water partition coefficient (Wildman–Crippen LogP) is 2.11. The van der Waals surface area contributed by atoms with Gasteiger partial charge in [0.05, 0.1) is 0 Å². The largest absolute Gasteiger partial charge is 0.481 e. The number of hydrogen-bond donors (Lipinski definition) is 2. The van der Waals surface area contributed by atoms with E-state index < -0.39 is 11.9 Å². The lowest BCUT2D eigenvalue weighted by Crippen LogP contribution is -2.01. The zero-order chi connectivity index (χ0) is 12.8. The molecule has 0 bridgehead atoms. The summed E-state index contributed by atoms with van der Waals surface area (Å²) >= 11 is 0. The first-order valence-corrected chi connectivity index (χ1v) is 5.22. The maximum atomic E-state index is 10.5.